The Labute approximate surface area is 174 Å². The van der Waals surface area contributed by atoms with Gasteiger partial charge in [-0.3, -0.25) is 4.79 Å². The molecule has 0 saturated carbocycles. The first-order chi connectivity index (χ1) is 13.8. The molecule has 0 spiro atoms. The van der Waals surface area contributed by atoms with Crippen LogP contribution in [0.1, 0.15) is 39.2 Å². The van der Waals surface area contributed by atoms with Gasteiger partial charge in [0.1, 0.15) is 6.61 Å². The molecule has 1 atom stereocenters. The number of hydrogen-bond donors (Lipinski definition) is 1. The number of dihydropyridines is 1. The van der Waals surface area contributed by atoms with Crippen LogP contribution in [0.2, 0.25) is 5.02 Å². The average Bonchev–Trinajstić information content (AvgIpc) is 2.65. The third kappa shape index (κ3) is 5.38. The predicted molar refractivity (Wildman–Crippen MR) is 107 cm³/mol. The molecule has 7 nitrogen and oxygen atoms in total. The molecule has 1 N–H and O–H groups in total. The fourth-order valence-corrected chi connectivity index (χ4v) is 3.33. The summed E-state index contributed by atoms with van der Waals surface area (Å²) in [5.41, 5.74) is 1.88. The smallest absolute Gasteiger partial charge is 0.336 e. The van der Waals surface area contributed by atoms with E-state index in [9.17, 15) is 14.4 Å². The van der Waals surface area contributed by atoms with Crippen LogP contribution in [0.15, 0.2) is 46.8 Å². The number of carbonyl (C=O) groups is 3. The number of nitrogens with one attached hydrogen (secondary N) is 1. The molecule has 1 heterocycles. The van der Waals surface area contributed by atoms with Crippen LogP contribution in [0.4, 0.5) is 0 Å². The van der Waals surface area contributed by atoms with Gasteiger partial charge in [0.25, 0.3) is 0 Å². The third-order valence-corrected chi connectivity index (χ3v) is 4.47. The first-order valence-electron chi connectivity index (χ1n) is 9.23. The van der Waals surface area contributed by atoms with Crippen LogP contribution in [-0.4, -0.2) is 37.7 Å². The van der Waals surface area contributed by atoms with E-state index in [1.807, 2.05) is 0 Å². The fourth-order valence-electron chi connectivity index (χ4n) is 3.13. The van der Waals surface area contributed by atoms with Gasteiger partial charge in [-0.1, -0.05) is 23.7 Å². The SMILES string of the molecule is CCOC(=O)C1=C(C)NC(COC(C)=O)=C(C(=O)OCC)C1c1cccc(Cl)c1. The zero-order valence-electron chi connectivity index (χ0n) is 16.8. The van der Waals surface area contributed by atoms with Crippen LogP contribution in [-0.2, 0) is 28.6 Å². The molecular formula is C21H24ClNO6. The maximum absolute atomic E-state index is 12.9. The van der Waals surface area contributed by atoms with E-state index in [2.05, 4.69) is 5.32 Å². The zero-order valence-corrected chi connectivity index (χ0v) is 17.6. The van der Waals surface area contributed by atoms with Crippen molar-refractivity contribution in [1.29, 1.82) is 0 Å². The van der Waals surface area contributed by atoms with Gasteiger partial charge in [-0.05, 0) is 38.5 Å². The van der Waals surface area contributed by atoms with Crippen molar-refractivity contribution in [2.24, 2.45) is 0 Å². The molecule has 0 radical (unpaired) electrons. The molecule has 29 heavy (non-hydrogen) atoms. The van der Waals surface area contributed by atoms with E-state index in [1.165, 1.54) is 6.92 Å². The highest BCUT2D eigenvalue weighted by Crippen LogP contribution is 2.40. The van der Waals surface area contributed by atoms with Gasteiger partial charge in [0.2, 0.25) is 0 Å². The van der Waals surface area contributed by atoms with Gasteiger partial charge in [-0.25, -0.2) is 9.59 Å². The van der Waals surface area contributed by atoms with E-state index in [4.69, 9.17) is 25.8 Å². The Morgan fingerprint density at radius 2 is 1.66 bits per heavy atom. The summed E-state index contributed by atoms with van der Waals surface area (Å²) in [7, 11) is 0. The summed E-state index contributed by atoms with van der Waals surface area (Å²) in [6.45, 7) is 6.50. The molecule has 156 valence electrons. The number of ether oxygens (including phenoxy) is 3. The summed E-state index contributed by atoms with van der Waals surface area (Å²) < 4.78 is 15.6. The Bertz CT molecular complexity index is 874. The van der Waals surface area contributed by atoms with E-state index in [0.717, 1.165) is 0 Å². The van der Waals surface area contributed by atoms with Crippen LogP contribution in [0.5, 0.6) is 0 Å². The minimum absolute atomic E-state index is 0.142. The Kier molecular flexibility index (Phi) is 7.84. The summed E-state index contributed by atoms with van der Waals surface area (Å²) >= 11 is 6.17. The maximum atomic E-state index is 12.9. The predicted octanol–water partition coefficient (Wildman–Crippen LogP) is 3.24. The van der Waals surface area contributed by atoms with Crippen LogP contribution in [0, 0.1) is 0 Å². The van der Waals surface area contributed by atoms with E-state index in [1.54, 1.807) is 45.0 Å². The van der Waals surface area contributed by atoms with Crippen molar-refractivity contribution in [2.75, 3.05) is 19.8 Å². The number of hydrogen-bond acceptors (Lipinski definition) is 7. The fraction of sp³-hybridized carbons (Fsp3) is 0.381. The summed E-state index contributed by atoms with van der Waals surface area (Å²) in [5.74, 6) is -2.48. The molecule has 1 aliphatic heterocycles. The molecule has 0 fully saturated rings. The van der Waals surface area contributed by atoms with Crippen LogP contribution >= 0.6 is 11.6 Å². The normalized spacial score (nSPS) is 16.2. The molecule has 1 aromatic carbocycles. The van der Waals surface area contributed by atoms with Crippen molar-refractivity contribution in [1.82, 2.24) is 5.32 Å². The number of allylic oxidation sites excluding steroid dienone is 1. The number of esters is 3. The van der Waals surface area contributed by atoms with Crippen LogP contribution in [0.25, 0.3) is 0 Å². The average molecular weight is 422 g/mol. The summed E-state index contributed by atoms with van der Waals surface area (Å²) in [6.07, 6.45) is 0. The Hall–Kier alpha value is -2.80. The Morgan fingerprint density at radius 3 is 2.21 bits per heavy atom. The lowest BCUT2D eigenvalue weighted by molar-refractivity contribution is -0.142. The molecule has 1 aromatic rings. The van der Waals surface area contributed by atoms with Gasteiger partial charge < -0.3 is 19.5 Å². The van der Waals surface area contributed by atoms with Gasteiger partial charge in [0.15, 0.2) is 0 Å². The number of benzene rings is 1. The minimum Gasteiger partial charge on any atom is -0.463 e. The quantitative estimate of drug-likeness (QED) is 0.533. The summed E-state index contributed by atoms with van der Waals surface area (Å²) in [6, 6.07) is 6.86. The highest BCUT2D eigenvalue weighted by molar-refractivity contribution is 6.30. The second kappa shape index (κ2) is 10.1. The van der Waals surface area contributed by atoms with Gasteiger partial charge in [0, 0.05) is 17.6 Å². The second-order valence-electron chi connectivity index (χ2n) is 6.27. The number of halogens is 1. The summed E-state index contributed by atoms with van der Waals surface area (Å²) in [5, 5.41) is 3.46. The maximum Gasteiger partial charge on any atom is 0.336 e. The highest BCUT2D eigenvalue weighted by Gasteiger charge is 2.39. The van der Waals surface area contributed by atoms with Crippen molar-refractivity contribution in [3.63, 3.8) is 0 Å². The van der Waals surface area contributed by atoms with E-state index < -0.39 is 23.8 Å². The molecular weight excluding hydrogens is 398 g/mol. The van der Waals surface area contributed by atoms with Gasteiger partial charge in [-0.2, -0.15) is 0 Å². The molecule has 0 amide bonds. The molecule has 2 rings (SSSR count). The zero-order chi connectivity index (χ0) is 21.6. The Morgan fingerprint density at radius 1 is 1.03 bits per heavy atom. The third-order valence-electron chi connectivity index (χ3n) is 4.24. The second-order valence-corrected chi connectivity index (χ2v) is 6.70. The first kappa shape index (κ1) is 22.5. The minimum atomic E-state index is -0.793. The molecule has 0 aliphatic carbocycles. The number of rotatable bonds is 7. The van der Waals surface area contributed by atoms with Crippen LogP contribution in [0.3, 0.4) is 0 Å². The summed E-state index contributed by atoms with van der Waals surface area (Å²) in [4.78, 5) is 37.0. The highest BCUT2D eigenvalue weighted by atomic mass is 35.5. The van der Waals surface area contributed by atoms with Gasteiger partial charge in [0.05, 0.1) is 36.0 Å². The van der Waals surface area contributed by atoms with Crippen molar-refractivity contribution < 1.29 is 28.6 Å². The largest absolute Gasteiger partial charge is 0.463 e. The van der Waals surface area contributed by atoms with Crippen LogP contribution < -0.4 is 5.32 Å². The molecule has 0 aromatic heterocycles. The van der Waals surface area contributed by atoms with E-state index >= 15 is 0 Å². The lowest BCUT2D eigenvalue weighted by Gasteiger charge is -2.31. The number of carbonyl (C=O) groups excluding carboxylic acids is 3. The lowest BCUT2D eigenvalue weighted by atomic mass is 9.80. The van der Waals surface area contributed by atoms with Crippen molar-refractivity contribution >= 4 is 29.5 Å². The van der Waals surface area contributed by atoms with Crippen molar-refractivity contribution in [3.05, 3.63) is 57.4 Å². The lowest BCUT2D eigenvalue weighted by Crippen LogP contribution is -2.35. The molecule has 1 unspecified atom stereocenters. The van der Waals surface area contributed by atoms with Gasteiger partial charge in [-0.15, -0.1) is 0 Å². The molecule has 8 heteroatoms. The van der Waals surface area contributed by atoms with E-state index in [-0.39, 0.29) is 31.0 Å². The Balaban J connectivity index is 2.69. The van der Waals surface area contributed by atoms with Crippen molar-refractivity contribution in [3.8, 4) is 0 Å². The molecule has 0 bridgehead atoms. The molecule has 1 aliphatic rings. The standard InChI is InChI=1S/C21H24ClNO6/c1-5-27-20(25)17-12(3)23-16(11-29-13(4)24)19(21(26)28-6-2)18(17)14-8-7-9-15(22)10-14/h7-10,18,23H,5-6,11H2,1-4H3. The van der Waals surface area contributed by atoms with Crippen molar-refractivity contribution in [2.45, 2.75) is 33.6 Å². The first-order valence-corrected chi connectivity index (χ1v) is 9.61. The van der Waals surface area contributed by atoms with E-state index in [0.29, 0.717) is 22.0 Å². The van der Waals surface area contributed by atoms with Gasteiger partial charge >= 0.3 is 17.9 Å². The molecule has 0 saturated heterocycles. The monoisotopic (exact) mass is 421 g/mol. The topological polar surface area (TPSA) is 90.9 Å².